The molecule has 0 bridgehead atoms. The molecule has 0 aliphatic heterocycles. The van der Waals surface area contributed by atoms with Crippen molar-refractivity contribution >= 4 is 33.3 Å². The highest BCUT2D eigenvalue weighted by Gasteiger charge is 2.26. The van der Waals surface area contributed by atoms with Gasteiger partial charge in [0.1, 0.15) is 17.5 Å². The number of hydrogen-bond acceptors (Lipinski definition) is 4. The van der Waals surface area contributed by atoms with Crippen molar-refractivity contribution < 1.29 is 13.6 Å². The molecule has 0 atom stereocenters. The number of carbonyl (C=O) groups excluding carboxylic acids is 1. The van der Waals surface area contributed by atoms with Crippen LogP contribution in [-0.2, 0) is 12.8 Å². The monoisotopic (exact) mass is 396 g/mol. The Hall–Kier alpha value is -3.13. The van der Waals surface area contributed by atoms with E-state index >= 15 is 0 Å². The van der Waals surface area contributed by atoms with Gasteiger partial charge in [-0.15, -0.1) is 0 Å². The minimum Gasteiger partial charge on any atom is -0.306 e. The Balaban J connectivity index is 1.58. The third-order valence-electron chi connectivity index (χ3n) is 4.78. The number of fused-ring (bicyclic) bond motifs is 2. The molecule has 5 rings (SSSR count). The molecular weight excluding hydrogens is 382 g/mol. The molecule has 1 aliphatic rings. The lowest BCUT2D eigenvalue weighted by molar-refractivity contribution is 0.102. The summed E-state index contributed by atoms with van der Waals surface area (Å²) >= 11 is 1.46. The van der Waals surface area contributed by atoms with Gasteiger partial charge >= 0.3 is 0 Å². The molecule has 1 aliphatic carbocycles. The van der Waals surface area contributed by atoms with Crippen LogP contribution in [0.2, 0.25) is 0 Å². The summed E-state index contributed by atoms with van der Waals surface area (Å²) in [4.78, 5) is 17.3. The molecule has 0 radical (unpaired) electrons. The topological polar surface area (TPSA) is 59.8 Å². The Morgan fingerprint density at radius 1 is 1.14 bits per heavy atom. The number of amides is 1. The fraction of sp³-hybridized carbons (Fsp3) is 0.150. The molecule has 4 aromatic rings. The van der Waals surface area contributed by atoms with Crippen molar-refractivity contribution in [1.82, 2.24) is 14.8 Å². The van der Waals surface area contributed by atoms with Crippen molar-refractivity contribution in [3.8, 4) is 5.13 Å². The van der Waals surface area contributed by atoms with Gasteiger partial charge in [-0.2, -0.15) is 9.78 Å². The number of halogens is 2. The van der Waals surface area contributed by atoms with E-state index in [4.69, 9.17) is 0 Å². The van der Waals surface area contributed by atoms with Crippen LogP contribution in [0, 0.1) is 11.6 Å². The van der Waals surface area contributed by atoms with Crippen LogP contribution >= 0.6 is 11.3 Å². The molecule has 2 heterocycles. The Morgan fingerprint density at radius 2 is 2.00 bits per heavy atom. The number of nitrogens with zero attached hydrogens (tertiary/aromatic N) is 3. The standard InChI is InChI=1S/C20H14F2N4OS/c21-11-8-9-12(14(22)10-11)19(27)24-18-13-4-3-6-15(13)25-26(18)20-23-16-5-1-2-7-17(16)28-20/h1-2,5,7-10H,3-4,6H2,(H,24,27). The van der Waals surface area contributed by atoms with Crippen LogP contribution in [0.5, 0.6) is 0 Å². The number of rotatable bonds is 3. The molecule has 8 heteroatoms. The van der Waals surface area contributed by atoms with E-state index in [1.54, 1.807) is 4.68 Å². The maximum absolute atomic E-state index is 14.0. The Labute approximate surface area is 162 Å². The Kier molecular flexibility index (Phi) is 3.94. The number of anilines is 1. The minimum atomic E-state index is -0.903. The molecule has 0 saturated carbocycles. The summed E-state index contributed by atoms with van der Waals surface area (Å²) in [6, 6.07) is 10.6. The zero-order valence-electron chi connectivity index (χ0n) is 14.6. The minimum absolute atomic E-state index is 0.217. The molecular formula is C20H14F2N4OS. The first-order valence-electron chi connectivity index (χ1n) is 8.83. The van der Waals surface area contributed by atoms with Gasteiger partial charge < -0.3 is 5.32 Å². The summed E-state index contributed by atoms with van der Waals surface area (Å²) < 4.78 is 29.8. The number of thiazole rings is 1. The summed E-state index contributed by atoms with van der Waals surface area (Å²) in [7, 11) is 0. The van der Waals surface area contributed by atoms with Crippen molar-refractivity contribution in [2.24, 2.45) is 0 Å². The van der Waals surface area contributed by atoms with E-state index in [1.165, 1.54) is 11.3 Å². The second-order valence-corrected chi connectivity index (χ2v) is 7.59. The summed E-state index contributed by atoms with van der Waals surface area (Å²) in [6.45, 7) is 0. The Morgan fingerprint density at radius 3 is 2.82 bits per heavy atom. The number of nitrogens with one attached hydrogen (secondary N) is 1. The fourth-order valence-electron chi connectivity index (χ4n) is 3.46. The van der Waals surface area contributed by atoms with Gasteiger partial charge in [-0.1, -0.05) is 23.5 Å². The van der Waals surface area contributed by atoms with Crippen molar-refractivity contribution in [3.63, 3.8) is 0 Å². The number of para-hydroxylation sites is 1. The second kappa shape index (κ2) is 6.49. The molecule has 0 saturated heterocycles. The van der Waals surface area contributed by atoms with Gasteiger partial charge in [0.15, 0.2) is 0 Å². The first-order chi connectivity index (χ1) is 13.6. The van der Waals surface area contributed by atoms with Crippen molar-refractivity contribution in [2.45, 2.75) is 19.3 Å². The average Bonchev–Trinajstić information content (AvgIpc) is 3.36. The van der Waals surface area contributed by atoms with E-state index < -0.39 is 17.5 Å². The lowest BCUT2D eigenvalue weighted by atomic mass is 10.2. The van der Waals surface area contributed by atoms with E-state index in [0.29, 0.717) is 17.0 Å². The average molecular weight is 396 g/mol. The summed E-state index contributed by atoms with van der Waals surface area (Å²) in [5.41, 5.74) is 2.48. The van der Waals surface area contributed by atoms with Crippen LogP contribution < -0.4 is 5.32 Å². The van der Waals surface area contributed by atoms with Crippen LogP contribution in [0.25, 0.3) is 15.3 Å². The molecule has 1 N–H and O–H groups in total. The molecule has 2 aromatic heterocycles. The number of aryl methyl sites for hydroxylation is 1. The lowest BCUT2D eigenvalue weighted by Crippen LogP contribution is -2.17. The molecule has 140 valence electrons. The number of benzene rings is 2. The summed E-state index contributed by atoms with van der Waals surface area (Å²) in [5, 5.41) is 8.04. The predicted octanol–water partition coefficient (Wildman–Crippen LogP) is 4.50. The zero-order valence-corrected chi connectivity index (χ0v) is 15.4. The van der Waals surface area contributed by atoms with Gasteiger partial charge in [0, 0.05) is 11.6 Å². The van der Waals surface area contributed by atoms with Crippen molar-refractivity contribution in [2.75, 3.05) is 5.32 Å². The van der Waals surface area contributed by atoms with Crippen molar-refractivity contribution in [1.29, 1.82) is 0 Å². The van der Waals surface area contributed by atoms with E-state index in [9.17, 15) is 13.6 Å². The van der Waals surface area contributed by atoms with Crippen LogP contribution in [0.3, 0.4) is 0 Å². The van der Waals surface area contributed by atoms with E-state index in [-0.39, 0.29) is 5.56 Å². The van der Waals surface area contributed by atoms with Gasteiger partial charge in [-0.05, 0) is 43.5 Å². The van der Waals surface area contributed by atoms with Gasteiger partial charge in [-0.3, -0.25) is 4.79 Å². The highest BCUT2D eigenvalue weighted by molar-refractivity contribution is 7.20. The Bertz CT molecular complexity index is 1200. The quantitative estimate of drug-likeness (QED) is 0.555. The first kappa shape index (κ1) is 17.0. The van der Waals surface area contributed by atoms with Gasteiger partial charge in [0.05, 0.1) is 21.5 Å². The lowest BCUT2D eigenvalue weighted by Gasteiger charge is -2.09. The maximum atomic E-state index is 14.0. The van der Waals surface area contributed by atoms with Gasteiger partial charge in [0.2, 0.25) is 5.13 Å². The second-order valence-electron chi connectivity index (χ2n) is 6.58. The van der Waals surface area contributed by atoms with Gasteiger partial charge in [0.25, 0.3) is 5.91 Å². The maximum Gasteiger partial charge on any atom is 0.259 e. The van der Waals surface area contributed by atoms with Crippen LogP contribution in [0.4, 0.5) is 14.6 Å². The molecule has 5 nitrogen and oxygen atoms in total. The normalized spacial score (nSPS) is 13.1. The zero-order chi connectivity index (χ0) is 19.3. The number of aromatic nitrogens is 3. The largest absolute Gasteiger partial charge is 0.306 e. The predicted molar refractivity (Wildman–Crippen MR) is 103 cm³/mol. The molecule has 28 heavy (non-hydrogen) atoms. The number of hydrogen-bond donors (Lipinski definition) is 1. The highest BCUT2D eigenvalue weighted by atomic mass is 32.1. The highest BCUT2D eigenvalue weighted by Crippen LogP contribution is 2.34. The van der Waals surface area contributed by atoms with Crippen molar-refractivity contribution in [3.05, 3.63) is 70.9 Å². The first-order valence-corrected chi connectivity index (χ1v) is 9.65. The molecule has 0 unspecified atom stereocenters. The van der Waals surface area contributed by atoms with Gasteiger partial charge in [-0.25, -0.2) is 13.8 Å². The molecule has 0 spiro atoms. The van der Waals surface area contributed by atoms with E-state index in [2.05, 4.69) is 15.4 Å². The van der Waals surface area contributed by atoms with E-state index in [0.717, 1.165) is 52.9 Å². The summed E-state index contributed by atoms with van der Waals surface area (Å²) in [6.07, 6.45) is 2.55. The molecule has 1 amide bonds. The SMILES string of the molecule is O=C(Nc1c2c(nn1-c1nc3ccccc3s1)CCC2)c1ccc(F)cc1F. The molecule has 2 aromatic carbocycles. The fourth-order valence-corrected chi connectivity index (χ4v) is 4.38. The third kappa shape index (κ3) is 2.77. The molecule has 0 fully saturated rings. The van der Waals surface area contributed by atoms with Crippen LogP contribution in [0.15, 0.2) is 42.5 Å². The van der Waals surface area contributed by atoms with Crippen LogP contribution in [0.1, 0.15) is 28.0 Å². The summed E-state index contributed by atoms with van der Waals surface area (Å²) in [5.74, 6) is -1.77. The smallest absolute Gasteiger partial charge is 0.259 e. The van der Waals surface area contributed by atoms with Crippen LogP contribution in [-0.4, -0.2) is 20.7 Å². The van der Waals surface area contributed by atoms with E-state index in [1.807, 2.05) is 24.3 Å². The third-order valence-corrected chi connectivity index (χ3v) is 5.79. The number of carbonyl (C=O) groups is 1.